The summed E-state index contributed by atoms with van der Waals surface area (Å²) in [5, 5.41) is 9.10. The molecule has 0 amide bonds. The molecule has 2 nitrogen and oxygen atoms in total. The summed E-state index contributed by atoms with van der Waals surface area (Å²) < 4.78 is 5.32. The van der Waals surface area contributed by atoms with Crippen LogP contribution in [-0.4, -0.2) is 7.11 Å². The zero-order valence-electron chi connectivity index (χ0n) is 10.4. The largest absolute Gasteiger partial charge is 0.496 e. The smallest absolute Gasteiger partial charge is 0.122 e. The molecule has 0 spiro atoms. The summed E-state index contributed by atoms with van der Waals surface area (Å²) in [6.07, 6.45) is 0.763. The number of aryl methyl sites for hydroxylation is 1. The van der Waals surface area contributed by atoms with E-state index in [0.29, 0.717) is 5.92 Å². The van der Waals surface area contributed by atoms with Crippen molar-refractivity contribution >= 4 is 0 Å². The molecule has 86 valence electrons. The first kappa shape index (κ1) is 12.6. The molecule has 0 aliphatic carbocycles. The van der Waals surface area contributed by atoms with E-state index < -0.39 is 0 Å². The van der Waals surface area contributed by atoms with Crippen LogP contribution in [-0.2, 0) is 6.42 Å². The molecule has 0 N–H and O–H groups in total. The molecule has 1 aromatic rings. The monoisotopic (exact) mass is 217 g/mol. The Morgan fingerprint density at radius 1 is 1.38 bits per heavy atom. The van der Waals surface area contributed by atoms with Gasteiger partial charge in [-0.1, -0.05) is 31.5 Å². The molecular weight excluding hydrogens is 198 g/mol. The number of hydrogen-bond acceptors (Lipinski definition) is 2. The molecule has 0 aliphatic rings. The fourth-order valence-electron chi connectivity index (χ4n) is 1.73. The zero-order chi connectivity index (χ0) is 12.1. The van der Waals surface area contributed by atoms with E-state index >= 15 is 0 Å². The summed E-state index contributed by atoms with van der Waals surface area (Å²) in [7, 11) is 1.67. The molecule has 0 aliphatic heterocycles. The minimum absolute atomic E-state index is 0.0516. The fraction of sp³-hybridized carbons (Fsp3) is 0.500. The van der Waals surface area contributed by atoms with Crippen molar-refractivity contribution in [1.29, 1.82) is 5.26 Å². The highest BCUT2D eigenvalue weighted by atomic mass is 16.5. The maximum Gasteiger partial charge on any atom is 0.122 e. The Morgan fingerprint density at radius 2 is 2.06 bits per heavy atom. The van der Waals surface area contributed by atoms with Gasteiger partial charge in [-0.15, -0.1) is 0 Å². The van der Waals surface area contributed by atoms with Crippen LogP contribution in [0, 0.1) is 30.1 Å². The Labute approximate surface area is 97.9 Å². The zero-order valence-corrected chi connectivity index (χ0v) is 10.4. The summed E-state index contributed by atoms with van der Waals surface area (Å²) in [5.41, 5.74) is 2.33. The van der Waals surface area contributed by atoms with Crippen molar-refractivity contribution in [1.82, 2.24) is 0 Å². The second-order valence-corrected chi connectivity index (χ2v) is 4.50. The van der Waals surface area contributed by atoms with Gasteiger partial charge in [0.25, 0.3) is 0 Å². The third-order valence-corrected chi connectivity index (χ3v) is 2.85. The molecular formula is C14H19NO. The van der Waals surface area contributed by atoms with Crippen LogP contribution in [0.25, 0.3) is 0 Å². The van der Waals surface area contributed by atoms with E-state index in [1.165, 1.54) is 5.56 Å². The molecule has 0 saturated heterocycles. The van der Waals surface area contributed by atoms with Gasteiger partial charge in [0, 0.05) is 0 Å². The average Bonchev–Trinajstić information content (AvgIpc) is 2.25. The summed E-state index contributed by atoms with van der Waals surface area (Å²) in [5.74, 6) is 1.30. The summed E-state index contributed by atoms with van der Waals surface area (Å²) in [6.45, 7) is 6.21. The number of rotatable bonds is 4. The Morgan fingerprint density at radius 3 is 2.56 bits per heavy atom. The topological polar surface area (TPSA) is 33.0 Å². The minimum Gasteiger partial charge on any atom is -0.496 e. The summed E-state index contributed by atoms with van der Waals surface area (Å²) in [4.78, 5) is 0. The predicted molar refractivity (Wildman–Crippen MR) is 65.4 cm³/mol. The molecule has 0 aromatic heterocycles. The molecule has 2 heteroatoms. The Balaban J connectivity index is 2.95. The van der Waals surface area contributed by atoms with Crippen LogP contribution in [0.4, 0.5) is 0 Å². The van der Waals surface area contributed by atoms with E-state index in [1.807, 2.05) is 12.1 Å². The average molecular weight is 217 g/mol. The number of benzene rings is 1. The van der Waals surface area contributed by atoms with Crippen molar-refractivity contribution in [3.8, 4) is 11.8 Å². The van der Waals surface area contributed by atoms with Gasteiger partial charge in [0.15, 0.2) is 0 Å². The maximum absolute atomic E-state index is 9.10. The van der Waals surface area contributed by atoms with Gasteiger partial charge in [-0.05, 0) is 30.9 Å². The van der Waals surface area contributed by atoms with Crippen LogP contribution in [0.2, 0.25) is 0 Å². The Bertz CT molecular complexity index is 390. The lowest BCUT2D eigenvalue weighted by Gasteiger charge is -2.15. The molecule has 1 aromatic carbocycles. The normalized spacial score (nSPS) is 12.2. The number of methoxy groups -OCH3 is 1. The van der Waals surface area contributed by atoms with Crippen molar-refractivity contribution < 1.29 is 4.74 Å². The highest BCUT2D eigenvalue weighted by molar-refractivity contribution is 5.37. The van der Waals surface area contributed by atoms with Gasteiger partial charge in [0.05, 0.1) is 19.1 Å². The maximum atomic E-state index is 9.10. The predicted octanol–water partition coefficient (Wildman–Crippen LogP) is 3.34. The van der Waals surface area contributed by atoms with Crippen LogP contribution in [0.3, 0.4) is 0 Å². The first-order chi connectivity index (χ1) is 7.58. The van der Waals surface area contributed by atoms with Crippen LogP contribution in [0.1, 0.15) is 25.0 Å². The number of ether oxygens (including phenoxy) is 1. The van der Waals surface area contributed by atoms with Crippen LogP contribution < -0.4 is 4.74 Å². The van der Waals surface area contributed by atoms with E-state index in [-0.39, 0.29) is 5.92 Å². The second-order valence-electron chi connectivity index (χ2n) is 4.50. The summed E-state index contributed by atoms with van der Waals surface area (Å²) >= 11 is 0. The van der Waals surface area contributed by atoms with Crippen molar-refractivity contribution in [3.05, 3.63) is 29.3 Å². The van der Waals surface area contributed by atoms with Gasteiger partial charge in [-0.25, -0.2) is 0 Å². The molecule has 0 bridgehead atoms. The van der Waals surface area contributed by atoms with Crippen LogP contribution >= 0.6 is 0 Å². The van der Waals surface area contributed by atoms with Gasteiger partial charge in [0.1, 0.15) is 5.75 Å². The highest BCUT2D eigenvalue weighted by Crippen LogP contribution is 2.25. The van der Waals surface area contributed by atoms with Crippen molar-refractivity contribution in [3.63, 3.8) is 0 Å². The minimum atomic E-state index is 0.0516. The molecule has 1 unspecified atom stereocenters. The van der Waals surface area contributed by atoms with E-state index in [9.17, 15) is 0 Å². The third kappa shape index (κ3) is 3.00. The van der Waals surface area contributed by atoms with Crippen molar-refractivity contribution in [2.24, 2.45) is 11.8 Å². The first-order valence-electron chi connectivity index (χ1n) is 5.61. The summed E-state index contributed by atoms with van der Waals surface area (Å²) in [6, 6.07) is 8.47. The lowest BCUT2D eigenvalue weighted by Crippen LogP contribution is -2.10. The Hall–Kier alpha value is -1.49. The van der Waals surface area contributed by atoms with Crippen molar-refractivity contribution in [2.45, 2.75) is 27.2 Å². The van der Waals surface area contributed by atoms with E-state index in [4.69, 9.17) is 10.00 Å². The van der Waals surface area contributed by atoms with Crippen LogP contribution in [0.5, 0.6) is 5.75 Å². The van der Waals surface area contributed by atoms with Crippen LogP contribution in [0.15, 0.2) is 18.2 Å². The lowest BCUT2D eigenvalue weighted by molar-refractivity contribution is 0.400. The number of nitrogens with zero attached hydrogens (tertiary/aromatic N) is 1. The SMILES string of the molecule is COc1ccc(C)cc1CC(C#N)C(C)C. The lowest BCUT2D eigenvalue weighted by atomic mass is 9.90. The molecule has 0 saturated carbocycles. The van der Waals surface area contributed by atoms with Gasteiger partial charge in [-0.2, -0.15) is 5.26 Å². The fourth-order valence-corrected chi connectivity index (χ4v) is 1.73. The number of nitriles is 1. The molecule has 0 heterocycles. The van der Waals surface area contributed by atoms with Crippen molar-refractivity contribution in [2.75, 3.05) is 7.11 Å². The third-order valence-electron chi connectivity index (χ3n) is 2.85. The first-order valence-corrected chi connectivity index (χ1v) is 5.61. The second kappa shape index (κ2) is 5.55. The van der Waals surface area contributed by atoms with E-state index in [1.54, 1.807) is 7.11 Å². The van der Waals surface area contributed by atoms with Gasteiger partial charge in [-0.3, -0.25) is 0 Å². The van der Waals surface area contributed by atoms with E-state index in [0.717, 1.165) is 17.7 Å². The van der Waals surface area contributed by atoms with Gasteiger partial charge >= 0.3 is 0 Å². The molecule has 16 heavy (non-hydrogen) atoms. The molecule has 0 fully saturated rings. The van der Waals surface area contributed by atoms with Gasteiger partial charge in [0.2, 0.25) is 0 Å². The highest BCUT2D eigenvalue weighted by Gasteiger charge is 2.15. The molecule has 1 rings (SSSR count). The number of hydrogen-bond donors (Lipinski definition) is 0. The standard InChI is InChI=1S/C14H19NO/c1-10(2)13(9-15)8-12-7-11(3)5-6-14(12)16-4/h5-7,10,13H,8H2,1-4H3. The Kier molecular flexibility index (Phi) is 4.37. The molecule has 0 radical (unpaired) electrons. The molecule has 1 atom stereocenters. The quantitative estimate of drug-likeness (QED) is 0.775. The van der Waals surface area contributed by atoms with E-state index in [2.05, 4.69) is 32.9 Å². The van der Waals surface area contributed by atoms with Gasteiger partial charge < -0.3 is 4.74 Å².